The van der Waals surface area contributed by atoms with Crippen LogP contribution < -0.4 is 11.5 Å². The van der Waals surface area contributed by atoms with Crippen molar-refractivity contribution in [1.82, 2.24) is 4.90 Å². The lowest BCUT2D eigenvalue weighted by Gasteiger charge is -2.36. The second-order valence-electron chi connectivity index (χ2n) is 6.13. The van der Waals surface area contributed by atoms with Gasteiger partial charge in [-0.3, -0.25) is 9.59 Å². The molecule has 4 N–H and O–H groups in total. The Morgan fingerprint density at radius 2 is 1.86 bits per heavy atom. The van der Waals surface area contributed by atoms with Gasteiger partial charge in [0.05, 0.1) is 0 Å². The summed E-state index contributed by atoms with van der Waals surface area (Å²) in [5.41, 5.74) is 13.6. The molecule has 1 aromatic carbocycles. The number of carbonyl (C=O) groups excluding carboxylic acids is 2. The third-order valence-electron chi connectivity index (χ3n) is 4.68. The van der Waals surface area contributed by atoms with E-state index in [9.17, 15) is 9.59 Å². The molecule has 1 aromatic rings. The van der Waals surface area contributed by atoms with Crippen LogP contribution in [0.2, 0.25) is 0 Å². The van der Waals surface area contributed by atoms with Gasteiger partial charge in [0, 0.05) is 24.9 Å². The molecule has 2 unspecified atom stereocenters. The van der Waals surface area contributed by atoms with Crippen LogP contribution in [0.15, 0.2) is 24.3 Å². The number of rotatable bonds is 2. The van der Waals surface area contributed by atoms with Gasteiger partial charge in [-0.2, -0.15) is 0 Å². The van der Waals surface area contributed by atoms with Crippen LogP contribution in [-0.4, -0.2) is 28.8 Å². The van der Waals surface area contributed by atoms with Gasteiger partial charge in [0.2, 0.25) is 11.8 Å². The molecule has 5 nitrogen and oxygen atoms in total. The minimum Gasteiger partial charge on any atom is -0.368 e. The molecular formula is C16H21N3O2. The van der Waals surface area contributed by atoms with Gasteiger partial charge in [-0.05, 0) is 30.4 Å². The van der Waals surface area contributed by atoms with Crippen LogP contribution in [0.4, 0.5) is 0 Å². The highest BCUT2D eigenvalue weighted by Gasteiger charge is 2.38. The average molecular weight is 287 g/mol. The van der Waals surface area contributed by atoms with Crippen LogP contribution in [0.1, 0.15) is 30.4 Å². The molecule has 1 saturated carbocycles. The number of fused-ring (bicyclic) bond motifs is 1. The summed E-state index contributed by atoms with van der Waals surface area (Å²) >= 11 is 0. The van der Waals surface area contributed by atoms with E-state index >= 15 is 0 Å². The van der Waals surface area contributed by atoms with Crippen LogP contribution in [0.3, 0.4) is 0 Å². The lowest BCUT2D eigenvalue weighted by atomic mass is 9.92. The molecular weight excluding hydrogens is 266 g/mol. The van der Waals surface area contributed by atoms with Crippen molar-refractivity contribution in [3.05, 3.63) is 35.4 Å². The smallest absolute Gasteiger partial charge is 0.240 e. The summed E-state index contributed by atoms with van der Waals surface area (Å²) in [7, 11) is 0. The van der Waals surface area contributed by atoms with Crippen molar-refractivity contribution >= 4 is 11.8 Å². The van der Waals surface area contributed by atoms with Crippen molar-refractivity contribution in [3.8, 4) is 0 Å². The molecule has 1 aliphatic heterocycles. The minimum absolute atomic E-state index is 0.0289. The number of hydrogen-bond acceptors (Lipinski definition) is 3. The van der Waals surface area contributed by atoms with E-state index in [-0.39, 0.29) is 17.9 Å². The summed E-state index contributed by atoms with van der Waals surface area (Å²) in [6, 6.07) is 7.47. The highest BCUT2D eigenvalue weighted by Crippen LogP contribution is 2.30. The SMILES string of the molecule is NC(=O)[C@@H]1Cc2ccccc2CN1C(=O)C1CCC(N)C1. The first-order valence-electron chi connectivity index (χ1n) is 7.48. The van der Waals surface area contributed by atoms with Gasteiger partial charge in [-0.1, -0.05) is 24.3 Å². The van der Waals surface area contributed by atoms with E-state index < -0.39 is 11.9 Å². The quantitative estimate of drug-likeness (QED) is 0.832. The van der Waals surface area contributed by atoms with Gasteiger partial charge >= 0.3 is 0 Å². The predicted octanol–water partition coefficient (Wildman–Crippen LogP) is 0.553. The Balaban J connectivity index is 1.85. The molecule has 112 valence electrons. The molecule has 1 fully saturated rings. The maximum atomic E-state index is 12.7. The Hall–Kier alpha value is -1.88. The first kappa shape index (κ1) is 14.1. The van der Waals surface area contributed by atoms with Gasteiger partial charge in [-0.15, -0.1) is 0 Å². The van der Waals surface area contributed by atoms with E-state index in [2.05, 4.69) is 0 Å². The molecule has 0 radical (unpaired) electrons. The number of amides is 2. The molecule has 2 amide bonds. The molecule has 5 heteroatoms. The summed E-state index contributed by atoms with van der Waals surface area (Å²) in [6.45, 7) is 0.467. The lowest BCUT2D eigenvalue weighted by Crippen LogP contribution is -2.52. The first-order chi connectivity index (χ1) is 10.1. The fourth-order valence-corrected chi connectivity index (χ4v) is 3.48. The zero-order valence-corrected chi connectivity index (χ0v) is 12.0. The van der Waals surface area contributed by atoms with Crippen LogP contribution in [-0.2, 0) is 22.6 Å². The highest BCUT2D eigenvalue weighted by molar-refractivity contribution is 5.88. The van der Waals surface area contributed by atoms with E-state index in [4.69, 9.17) is 11.5 Å². The summed E-state index contributed by atoms with van der Waals surface area (Å²) in [5, 5.41) is 0. The van der Waals surface area contributed by atoms with E-state index in [1.807, 2.05) is 24.3 Å². The number of primary amides is 1. The fraction of sp³-hybridized carbons (Fsp3) is 0.500. The zero-order valence-electron chi connectivity index (χ0n) is 12.0. The Kier molecular flexibility index (Phi) is 3.68. The van der Waals surface area contributed by atoms with E-state index in [0.717, 1.165) is 24.0 Å². The van der Waals surface area contributed by atoms with Gasteiger partial charge in [-0.25, -0.2) is 0 Å². The van der Waals surface area contributed by atoms with E-state index in [1.165, 1.54) is 0 Å². The maximum Gasteiger partial charge on any atom is 0.240 e. The monoisotopic (exact) mass is 287 g/mol. The number of hydrogen-bond donors (Lipinski definition) is 2. The van der Waals surface area contributed by atoms with Gasteiger partial charge in [0.25, 0.3) is 0 Å². The second-order valence-corrected chi connectivity index (χ2v) is 6.13. The number of carbonyl (C=O) groups is 2. The summed E-state index contributed by atoms with van der Waals surface area (Å²) in [5.74, 6) is -0.464. The van der Waals surface area contributed by atoms with Crippen LogP contribution in [0.5, 0.6) is 0 Å². The molecule has 0 saturated heterocycles. The molecule has 2 aliphatic rings. The normalized spacial score (nSPS) is 28.2. The molecule has 3 rings (SSSR count). The molecule has 0 aromatic heterocycles. The third-order valence-corrected chi connectivity index (χ3v) is 4.68. The Bertz CT molecular complexity index is 572. The number of nitrogens with two attached hydrogens (primary N) is 2. The Morgan fingerprint density at radius 3 is 2.48 bits per heavy atom. The molecule has 3 atom stereocenters. The first-order valence-corrected chi connectivity index (χ1v) is 7.48. The lowest BCUT2D eigenvalue weighted by molar-refractivity contribution is -0.144. The maximum absolute atomic E-state index is 12.7. The zero-order chi connectivity index (χ0) is 15.0. The van der Waals surface area contributed by atoms with Gasteiger partial charge < -0.3 is 16.4 Å². The number of nitrogens with zero attached hydrogens (tertiary/aromatic N) is 1. The summed E-state index contributed by atoms with van der Waals surface area (Å²) in [4.78, 5) is 26.2. The number of benzene rings is 1. The van der Waals surface area contributed by atoms with E-state index in [1.54, 1.807) is 4.90 Å². The van der Waals surface area contributed by atoms with E-state index in [0.29, 0.717) is 19.4 Å². The van der Waals surface area contributed by atoms with Crippen molar-refractivity contribution in [3.63, 3.8) is 0 Å². The molecule has 1 heterocycles. The van der Waals surface area contributed by atoms with Crippen LogP contribution in [0.25, 0.3) is 0 Å². The van der Waals surface area contributed by atoms with Gasteiger partial charge in [0.15, 0.2) is 0 Å². The van der Waals surface area contributed by atoms with Crippen molar-refractivity contribution in [1.29, 1.82) is 0 Å². The third kappa shape index (κ3) is 2.65. The molecule has 0 bridgehead atoms. The Morgan fingerprint density at radius 1 is 1.14 bits per heavy atom. The van der Waals surface area contributed by atoms with Crippen molar-refractivity contribution in [2.75, 3.05) is 0 Å². The topological polar surface area (TPSA) is 89.4 Å². The summed E-state index contributed by atoms with van der Waals surface area (Å²) in [6.07, 6.45) is 2.91. The standard InChI is InChI=1S/C16H21N3O2/c17-13-6-5-11(7-13)16(21)19-9-12-4-2-1-3-10(12)8-14(19)15(18)20/h1-4,11,13-14H,5-9,17H2,(H2,18,20)/t11?,13?,14-/m0/s1. The molecule has 21 heavy (non-hydrogen) atoms. The van der Waals surface area contributed by atoms with Crippen molar-refractivity contribution in [2.45, 2.75) is 44.3 Å². The minimum atomic E-state index is -0.538. The second kappa shape index (κ2) is 5.48. The molecule has 1 aliphatic carbocycles. The molecule has 0 spiro atoms. The van der Waals surface area contributed by atoms with Crippen molar-refractivity contribution in [2.24, 2.45) is 17.4 Å². The van der Waals surface area contributed by atoms with Gasteiger partial charge in [0.1, 0.15) is 6.04 Å². The van der Waals surface area contributed by atoms with Crippen molar-refractivity contribution < 1.29 is 9.59 Å². The predicted molar refractivity (Wildman–Crippen MR) is 79.0 cm³/mol. The average Bonchev–Trinajstić information content (AvgIpc) is 2.91. The van der Waals surface area contributed by atoms with Crippen LogP contribution in [0, 0.1) is 5.92 Å². The fourth-order valence-electron chi connectivity index (χ4n) is 3.48. The highest BCUT2D eigenvalue weighted by atomic mass is 16.2. The summed E-state index contributed by atoms with van der Waals surface area (Å²) < 4.78 is 0. The Labute approximate surface area is 124 Å². The largest absolute Gasteiger partial charge is 0.368 e. The van der Waals surface area contributed by atoms with Crippen LogP contribution >= 0.6 is 0 Å².